The second kappa shape index (κ2) is 6.93. The lowest BCUT2D eigenvalue weighted by Gasteiger charge is -2.31. The number of amides is 1. The van der Waals surface area contributed by atoms with Gasteiger partial charge in [-0.05, 0) is 37.0 Å². The van der Waals surface area contributed by atoms with Crippen molar-refractivity contribution in [3.05, 3.63) is 35.4 Å². The van der Waals surface area contributed by atoms with Gasteiger partial charge in [0, 0.05) is 5.56 Å². The van der Waals surface area contributed by atoms with Crippen LogP contribution in [0, 0.1) is 0 Å². The maximum atomic E-state index is 12.3. The molecule has 0 heterocycles. The zero-order valence-electron chi connectivity index (χ0n) is 12.3. The van der Waals surface area contributed by atoms with Gasteiger partial charge in [0.05, 0.1) is 0 Å². The Morgan fingerprint density at radius 2 is 1.80 bits per heavy atom. The zero-order chi connectivity index (χ0) is 15.2. The number of nitrogens with one attached hydrogen (secondary N) is 1. The standard InChI is InChI=1S/C15H23N3O2/c1-4-11-7-9-12(10-8-11)13(19)17-15(5-2,6-3)14(16)18-20/h7-10,20H,4-6H2,1-3H3,(H2,16,18)(H,17,19). The highest BCUT2D eigenvalue weighted by atomic mass is 16.4. The molecule has 0 unspecified atom stereocenters. The summed E-state index contributed by atoms with van der Waals surface area (Å²) in [4.78, 5) is 12.3. The summed E-state index contributed by atoms with van der Waals surface area (Å²) in [5, 5.41) is 14.8. The summed E-state index contributed by atoms with van der Waals surface area (Å²) in [5.74, 6) is -0.191. The lowest BCUT2D eigenvalue weighted by molar-refractivity contribution is 0.0918. The van der Waals surface area contributed by atoms with Crippen molar-refractivity contribution in [2.24, 2.45) is 10.9 Å². The van der Waals surface area contributed by atoms with Crippen LogP contribution in [0.1, 0.15) is 49.5 Å². The first-order valence-corrected chi connectivity index (χ1v) is 6.92. The molecule has 0 radical (unpaired) electrons. The number of nitrogens with two attached hydrogens (primary N) is 1. The Balaban J connectivity index is 2.96. The fourth-order valence-electron chi connectivity index (χ4n) is 2.13. The molecule has 0 aromatic heterocycles. The molecule has 1 rings (SSSR count). The molecule has 0 aliphatic rings. The number of nitrogens with zero attached hydrogens (tertiary/aromatic N) is 1. The number of oxime groups is 1. The second-order valence-electron chi connectivity index (χ2n) is 4.78. The molecule has 0 spiro atoms. The average Bonchev–Trinajstić information content (AvgIpc) is 2.51. The van der Waals surface area contributed by atoms with E-state index in [1.54, 1.807) is 12.1 Å². The van der Waals surface area contributed by atoms with Gasteiger partial charge in [-0.3, -0.25) is 4.79 Å². The van der Waals surface area contributed by atoms with Gasteiger partial charge < -0.3 is 16.3 Å². The van der Waals surface area contributed by atoms with Gasteiger partial charge in [0.25, 0.3) is 5.91 Å². The Kier molecular flexibility index (Phi) is 5.55. The van der Waals surface area contributed by atoms with Crippen molar-refractivity contribution >= 4 is 11.7 Å². The van der Waals surface area contributed by atoms with Crippen LogP contribution in [0.5, 0.6) is 0 Å². The van der Waals surface area contributed by atoms with Gasteiger partial charge in [-0.2, -0.15) is 0 Å². The molecule has 1 amide bonds. The van der Waals surface area contributed by atoms with E-state index in [0.29, 0.717) is 18.4 Å². The van der Waals surface area contributed by atoms with Crippen molar-refractivity contribution in [3.8, 4) is 0 Å². The molecule has 1 aromatic rings. The van der Waals surface area contributed by atoms with Crippen LogP contribution in [0.3, 0.4) is 0 Å². The molecule has 5 heteroatoms. The number of aryl methyl sites for hydroxylation is 1. The smallest absolute Gasteiger partial charge is 0.252 e. The van der Waals surface area contributed by atoms with Gasteiger partial charge in [0.2, 0.25) is 0 Å². The molecule has 20 heavy (non-hydrogen) atoms. The Hall–Kier alpha value is -2.04. The summed E-state index contributed by atoms with van der Waals surface area (Å²) < 4.78 is 0. The molecule has 0 bridgehead atoms. The fourth-order valence-corrected chi connectivity index (χ4v) is 2.13. The molecule has 4 N–H and O–H groups in total. The lowest BCUT2D eigenvalue weighted by Crippen LogP contribution is -2.56. The quantitative estimate of drug-likeness (QED) is 0.322. The summed E-state index contributed by atoms with van der Waals surface area (Å²) >= 11 is 0. The molecule has 0 aliphatic carbocycles. The van der Waals surface area contributed by atoms with E-state index < -0.39 is 5.54 Å². The first kappa shape index (κ1) is 16.0. The van der Waals surface area contributed by atoms with Gasteiger partial charge in [-0.15, -0.1) is 0 Å². The molecular formula is C15H23N3O2. The van der Waals surface area contributed by atoms with Crippen LogP contribution in [-0.4, -0.2) is 22.5 Å². The normalized spacial score (nSPS) is 12.2. The first-order chi connectivity index (χ1) is 9.52. The molecule has 0 saturated carbocycles. The van der Waals surface area contributed by atoms with E-state index in [-0.39, 0.29) is 11.7 Å². The van der Waals surface area contributed by atoms with E-state index in [2.05, 4.69) is 17.4 Å². The minimum Gasteiger partial charge on any atom is -0.409 e. The van der Waals surface area contributed by atoms with Crippen LogP contribution in [0.4, 0.5) is 0 Å². The van der Waals surface area contributed by atoms with E-state index in [1.807, 2.05) is 26.0 Å². The van der Waals surface area contributed by atoms with E-state index >= 15 is 0 Å². The van der Waals surface area contributed by atoms with Crippen LogP contribution in [0.15, 0.2) is 29.4 Å². The average molecular weight is 277 g/mol. The SMILES string of the molecule is CCc1ccc(C(=O)NC(CC)(CC)/C(N)=N/O)cc1. The number of hydrogen-bond donors (Lipinski definition) is 3. The topological polar surface area (TPSA) is 87.7 Å². The first-order valence-electron chi connectivity index (χ1n) is 6.92. The second-order valence-corrected chi connectivity index (χ2v) is 4.78. The van der Waals surface area contributed by atoms with Crippen molar-refractivity contribution in [3.63, 3.8) is 0 Å². The van der Waals surface area contributed by atoms with E-state index in [4.69, 9.17) is 10.9 Å². The van der Waals surface area contributed by atoms with E-state index in [1.165, 1.54) is 5.56 Å². The van der Waals surface area contributed by atoms with Crippen LogP contribution >= 0.6 is 0 Å². The number of rotatable bonds is 6. The number of carbonyl (C=O) groups is 1. The summed E-state index contributed by atoms with van der Waals surface area (Å²) in [5.41, 5.74) is 6.67. The summed E-state index contributed by atoms with van der Waals surface area (Å²) in [6.45, 7) is 5.84. The molecule has 1 aromatic carbocycles. The molecule has 0 saturated heterocycles. The third-order valence-corrected chi connectivity index (χ3v) is 3.78. The maximum Gasteiger partial charge on any atom is 0.252 e. The molecule has 0 atom stereocenters. The Bertz CT molecular complexity index is 476. The minimum absolute atomic E-state index is 0.0287. The predicted octanol–water partition coefficient (Wildman–Crippen LogP) is 2.28. The summed E-state index contributed by atoms with van der Waals surface area (Å²) in [7, 11) is 0. The molecule has 0 fully saturated rings. The monoisotopic (exact) mass is 277 g/mol. The van der Waals surface area contributed by atoms with Gasteiger partial charge in [-0.1, -0.05) is 38.1 Å². The Morgan fingerprint density at radius 3 is 2.20 bits per heavy atom. The van der Waals surface area contributed by atoms with Crippen molar-refractivity contribution < 1.29 is 10.0 Å². The van der Waals surface area contributed by atoms with Gasteiger partial charge >= 0.3 is 0 Å². The highest BCUT2D eigenvalue weighted by Crippen LogP contribution is 2.17. The Morgan fingerprint density at radius 1 is 1.25 bits per heavy atom. The molecular weight excluding hydrogens is 254 g/mol. The van der Waals surface area contributed by atoms with Crippen molar-refractivity contribution in [1.82, 2.24) is 5.32 Å². The number of benzene rings is 1. The number of amidine groups is 1. The third-order valence-electron chi connectivity index (χ3n) is 3.78. The predicted molar refractivity (Wildman–Crippen MR) is 80.0 cm³/mol. The van der Waals surface area contributed by atoms with Crippen molar-refractivity contribution in [1.29, 1.82) is 0 Å². The molecule has 5 nitrogen and oxygen atoms in total. The highest BCUT2D eigenvalue weighted by molar-refractivity contribution is 6.00. The van der Waals surface area contributed by atoms with Crippen LogP contribution < -0.4 is 11.1 Å². The summed E-state index contributed by atoms with van der Waals surface area (Å²) in [6, 6.07) is 7.43. The zero-order valence-corrected chi connectivity index (χ0v) is 12.3. The largest absolute Gasteiger partial charge is 0.409 e. The van der Waals surface area contributed by atoms with Crippen molar-refractivity contribution in [2.45, 2.75) is 45.6 Å². The maximum absolute atomic E-state index is 12.3. The van der Waals surface area contributed by atoms with Gasteiger partial charge in [0.1, 0.15) is 5.54 Å². The van der Waals surface area contributed by atoms with Crippen LogP contribution in [0.2, 0.25) is 0 Å². The fraction of sp³-hybridized carbons (Fsp3) is 0.467. The van der Waals surface area contributed by atoms with Crippen LogP contribution in [0.25, 0.3) is 0 Å². The summed E-state index contributed by atoms with van der Waals surface area (Å²) in [6.07, 6.45) is 2.04. The number of carbonyl (C=O) groups excluding carboxylic acids is 1. The highest BCUT2D eigenvalue weighted by Gasteiger charge is 2.33. The molecule has 110 valence electrons. The molecule has 0 aliphatic heterocycles. The van der Waals surface area contributed by atoms with Gasteiger partial charge in [0.15, 0.2) is 5.84 Å². The van der Waals surface area contributed by atoms with Gasteiger partial charge in [-0.25, -0.2) is 0 Å². The number of hydrogen-bond acceptors (Lipinski definition) is 3. The Labute approximate surface area is 119 Å². The van der Waals surface area contributed by atoms with Crippen molar-refractivity contribution in [2.75, 3.05) is 0 Å². The minimum atomic E-state index is -0.810. The van der Waals surface area contributed by atoms with Crippen LogP contribution in [-0.2, 0) is 6.42 Å². The third kappa shape index (κ3) is 3.29. The van der Waals surface area contributed by atoms with E-state index in [0.717, 1.165) is 6.42 Å². The van der Waals surface area contributed by atoms with E-state index in [9.17, 15) is 4.79 Å². The lowest BCUT2D eigenvalue weighted by atomic mass is 9.91.